The Morgan fingerprint density at radius 1 is 1.25 bits per heavy atom. The quantitative estimate of drug-likeness (QED) is 0.745. The lowest BCUT2D eigenvalue weighted by Crippen LogP contribution is -2.20. The topological polar surface area (TPSA) is 78.6 Å². The van der Waals surface area contributed by atoms with Crippen LogP contribution in [0.15, 0.2) is 29.2 Å². The van der Waals surface area contributed by atoms with Gasteiger partial charge in [0.1, 0.15) is 0 Å². The predicted octanol–water partition coefficient (Wildman–Crippen LogP) is 1.36. The molecule has 0 radical (unpaired) electrons. The summed E-state index contributed by atoms with van der Waals surface area (Å²) in [6, 6.07) is 6.62. The Morgan fingerprint density at radius 2 is 1.90 bits per heavy atom. The number of hydrogen-bond acceptors (Lipinski definition) is 5. The van der Waals surface area contributed by atoms with Crippen LogP contribution < -0.4 is 5.73 Å². The van der Waals surface area contributed by atoms with Gasteiger partial charge in [0.25, 0.3) is 0 Å². The van der Waals surface area contributed by atoms with Gasteiger partial charge >= 0.3 is 0 Å². The van der Waals surface area contributed by atoms with Crippen LogP contribution in [0.4, 0.5) is 0 Å². The Kier molecular flexibility index (Phi) is 7.15. The fourth-order valence-electron chi connectivity index (χ4n) is 1.64. The van der Waals surface area contributed by atoms with Gasteiger partial charge in [0.15, 0.2) is 9.84 Å². The first-order valence-electron chi connectivity index (χ1n) is 6.70. The van der Waals surface area contributed by atoms with Crippen molar-refractivity contribution >= 4 is 9.84 Å². The van der Waals surface area contributed by atoms with E-state index < -0.39 is 9.84 Å². The third-order valence-electron chi connectivity index (χ3n) is 2.83. The molecule has 0 amide bonds. The lowest BCUT2D eigenvalue weighted by atomic mass is 10.2. The molecule has 0 fully saturated rings. The zero-order valence-corrected chi connectivity index (χ0v) is 12.9. The van der Waals surface area contributed by atoms with Crippen molar-refractivity contribution in [2.75, 3.05) is 25.6 Å². The minimum Gasteiger partial charge on any atom is -0.379 e. The van der Waals surface area contributed by atoms with E-state index in [1.54, 1.807) is 24.3 Å². The lowest BCUT2D eigenvalue weighted by molar-refractivity contribution is 0.00288. The van der Waals surface area contributed by atoms with Gasteiger partial charge in [-0.1, -0.05) is 12.1 Å². The molecule has 20 heavy (non-hydrogen) atoms. The normalized spacial score (nSPS) is 13.3. The van der Waals surface area contributed by atoms with Crippen molar-refractivity contribution in [3.05, 3.63) is 29.8 Å². The zero-order chi connectivity index (χ0) is 15.0. The molecule has 1 unspecified atom stereocenters. The van der Waals surface area contributed by atoms with Crippen LogP contribution in [0.2, 0.25) is 0 Å². The first-order valence-corrected chi connectivity index (χ1v) is 8.36. The molecule has 5 nitrogen and oxygen atoms in total. The molecule has 1 rings (SSSR count). The monoisotopic (exact) mass is 301 g/mol. The summed E-state index contributed by atoms with van der Waals surface area (Å²) in [7, 11) is -3.31. The van der Waals surface area contributed by atoms with Crippen LogP contribution in [0.1, 0.15) is 19.4 Å². The highest BCUT2D eigenvalue weighted by molar-refractivity contribution is 7.91. The molecule has 114 valence electrons. The highest BCUT2D eigenvalue weighted by atomic mass is 32.2. The van der Waals surface area contributed by atoms with E-state index in [1.165, 1.54) is 0 Å². The van der Waals surface area contributed by atoms with Crippen molar-refractivity contribution in [1.82, 2.24) is 0 Å². The second-order valence-electron chi connectivity index (χ2n) is 4.51. The van der Waals surface area contributed by atoms with Crippen LogP contribution in [0.5, 0.6) is 0 Å². The van der Waals surface area contributed by atoms with Gasteiger partial charge in [0.05, 0.1) is 30.0 Å². The van der Waals surface area contributed by atoms with Gasteiger partial charge in [-0.15, -0.1) is 0 Å². The van der Waals surface area contributed by atoms with Crippen LogP contribution in [-0.4, -0.2) is 40.1 Å². The first kappa shape index (κ1) is 17.1. The van der Waals surface area contributed by atoms with Gasteiger partial charge in [-0.25, -0.2) is 8.42 Å². The van der Waals surface area contributed by atoms with E-state index >= 15 is 0 Å². The highest BCUT2D eigenvalue weighted by Crippen LogP contribution is 2.12. The Bertz CT molecular complexity index is 484. The molecular formula is C14H23NO4S. The van der Waals surface area contributed by atoms with Crippen LogP contribution in [0.25, 0.3) is 0 Å². The predicted molar refractivity (Wildman–Crippen MR) is 78.3 cm³/mol. The molecule has 6 heteroatoms. The Labute approximate surface area is 121 Å². The van der Waals surface area contributed by atoms with Crippen LogP contribution >= 0.6 is 0 Å². The second kappa shape index (κ2) is 8.36. The van der Waals surface area contributed by atoms with Crippen molar-refractivity contribution in [2.24, 2.45) is 5.73 Å². The molecule has 0 aliphatic carbocycles. The van der Waals surface area contributed by atoms with E-state index in [0.717, 1.165) is 5.56 Å². The molecule has 0 saturated heterocycles. The molecule has 0 spiro atoms. The standard InChI is InChI=1S/C14H23NO4S/c1-3-18-11-12(2)19-8-9-20(16,17)14-6-4-13(10-15)5-7-14/h4-7,12H,3,8-11,15H2,1-2H3. The van der Waals surface area contributed by atoms with Gasteiger partial charge in [-0.05, 0) is 31.5 Å². The molecule has 2 N–H and O–H groups in total. The Morgan fingerprint density at radius 3 is 2.45 bits per heavy atom. The number of ether oxygens (including phenoxy) is 2. The number of benzene rings is 1. The molecule has 0 saturated carbocycles. The molecule has 1 aromatic rings. The van der Waals surface area contributed by atoms with E-state index in [4.69, 9.17) is 15.2 Å². The van der Waals surface area contributed by atoms with Crippen LogP contribution in [0, 0.1) is 0 Å². The van der Waals surface area contributed by atoms with Gasteiger partial charge in [0.2, 0.25) is 0 Å². The maximum atomic E-state index is 12.1. The van der Waals surface area contributed by atoms with Crippen LogP contribution in [-0.2, 0) is 25.9 Å². The maximum Gasteiger partial charge on any atom is 0.180 e. The summed E-state index contributed by atoms with van der Waals surface area (Å²) < 4.78 is 34.8. The van der Waals surface area contributed by atoms with Gasteiger partial charge in [-0.2, -0.15) is 0 Å². The largest absolute Gasteiger partial charge is 0.379 e. The highest BCUT2D eigenvalue weighted by Gasteiger charge is 2.15. The summed E-state index contributed by atoms with van der Waals surface area (Å²) in [5.74, 6) is -0.0363. The average molecular weight is 301 g/mol. The summed E-state index contributed by atoms with van der Waals surface area (Å²) >= 11 is 0. The van der Waals surface area contributed by atoms with Gasteiger partial charge in [-0.3, -0.25) is 0 Å². The number of sulfone groups is 1. The number of hydrogen-bond donors (Lipinski definition) is 1. The molecule has 0 bridgehead atoms. The van der Waals surface area contributed by atoms with Crippen molar-refractivity contribution in [3.63, 3.8) is 0 Å². The number of nitrogens with two attached hydrogens (primary N) is 1. The zero-order valence-electron chi connectivity index (χ0n) is 12.0. The third kappa shape index (κ3) is 5.58. The van der Waals surface area contributed by atoms with E-state index in [0.29, 0.717) is 24.7 Å². The van der Waals surface area contributed by atoms with E-state index in [2.05, 4.69) is 0 Å². The van der Waals surface area contributed by atoms with E-state index in [-0.39, 0.29) is 18.5 Å². The van der Waals surface area contributed by atoms with Gasteiger partial charge < -0.3 is 15.2 Å². The molecule has 0 aliphatic heterocycles. The summed E-state index contributed by atoms with van der Waals surface area (Å²) in [6.45, 7) is 5.43. The summed E-state index contributed by atoms with van der Waals surface area (Å²) in [4.78, 5) is 0.302. The molecular weight excluding hydrogens is 278 g/mol. The minimum absolute atomic E-state index is 0.0363. The Hall–Kier alpha value is -0.950. The smallest absolute Gasteiger partial charge is 0.180 e. The number of rotatable bonds is 9. The van der Waals surface area contributed by atoms with Gasteiger partial charge in [0, 0.05) is 13.2 Å². The van der Waals surface area contributed by atoms with Crippen molar-refractivity contribution in [2.45, 2.75) is 31.4 Å². The summed E-state index contributed by atoms with van der Waals surface area (Å²) in [5.41, 5.74) is 6.39. The molecule has 0 aromatic heterocycles. The summed E-state index contributed by atoms with van der Waals surface area (Å²) in [6.07, 6.45) is -0.107. The average Bonchev–Trinajstić information content (AvgIpc) is 2.45. The van der Waals surface area contributed by atoms with Crippen molar-refractivity contribution in [3.8, 4) is 0 Å². The van der Waals surface area contributed by atoms with E-state index in [9.17, 15) is 8.42 Å². The Balaban J connectivity index is 2.48. The lowest BCUT2D eigenvalue weighted by Gasteiger charge is -2.13. The fraction of sp³-hybridized carbons (Fsp3) is 0.571. The summed E-state index contributed by atoms with van der Waals surface area (Å²) in [5, 5.41) is 0. The van der Waals surface area contributed by atoms with E-state index in [1.807, 2.05) is 13.8 Å². The molecule has 1 atom stereocenters. The van der Waals surface area contributed by atoms with Crippen molar-refractivity contribution < 1.29 is 17.9 Å². The first-order chi connectivity index (χ1) is 9.49. The SMILES string of the molecule is CCOCC(C)OCCS(=O)(=O)c1ccc(CN)cc1. The second-order valence-corrected chi connectivity index (χ2v) is 6.62. The van der Waals surface area contributed by atoms with Crippen LogP contribution in [0.3, 0.4) is 0 Å². The minimum atomic E-state index is -3.31. The van der Waals surface area contributed by atoms with Crippen molar-refractivity contribution in [1.29, 1.82) is 0 Å². The maximum absolute atomic E-state index is 12.1. The molecule has 1 aromatic carbocycles. The third-order valence-corrected chi connectivity index (χ3v) is 4.52. The molecule has 0 aliphatic rings. The fourth-order valence-corrected chi connectivity index (χ4v) is 2.74. The molecule has 0 heterocycles.